The highest BCUT2D eigenvalue weighted by atomic mass is 14.7. The van der Waals surface area contributed by atoms with E-state index in [0.29, 0.717) is 5.92 Å². The van der Waals surface area contributed by atoms with Gasteiger partial charge in [0.05, 0.1) is 6.04 Å². The van der Waals surface area contributed by atoms with E-state index in [-0.39, 0.29) is 6.04 Å². The molecule has 1 heteroatoms. The smallest absolute Gasteiger partial charge is 0.0564 e. The molecule has 1 aliphatic carbocycles. The second kappa shape index (κ2) is 3.71. The second-order valence-electron chi connectivity index (χ2n) is 5.07. The van der Waals surface area contributed by atoms with Gasteiger partial charge in [0.15, 0.2) is 0 Å². The van der Waals surface area contributed by atoms with E-state index in [1.54, 1.807) is 0 Å². The molecule has 2 aromatic rings. The van der Waals surface area contributed by atoms with Crippen LogP contribution in [0.4, 0.5) is 0 Å². The maximum Gasteiger partial charge on any atom is 0.0564 e. The van der Waals surface area contributed by atoms with Crippen molar-refractivity contribution in [3.63, 3.8) is 0 Å². The van der Waals surface area contributed by atoms with Crippen LogP contribution in [0.5, 0.6) is 0 Å². The lowest BCUT2D eigenvalue weighted by Gasteiger charge is -2.10. The molecule has 1 unspecified atom stereocenters. The van der Waals surface area contributed by atoms with E-state index in [1.165, 1.54) is 27.8 Å². The normalized spacial score (nSPS) is 17.1. The topological polar surface area (TPSA) is 26.0 Å². The minimum atomic E-state index is 0.0416. The van der Waals surface area contributed by atoms with Gasteiger partial charge >= 0.3 is 0 Å². The number of nitrogens with two attached hydrogens (primary N) is 1. The molecule has 86 valence electrons. The molecule has 17 heavy (non-hydrogen) atoms. The number of fused-ring (bicyclic) bond motifs is 3. The molecule has 0 spiro atoms. The van der Waals surface area contributed by atoms with Crippen LogP contribution in [0.15, 0.2) is 42.5 Å². The molecule has 0 aliphatic heterocycles. The van der Waals surface area contributed by atoms with E-state index in [9.17, 15) is 0 Å². The minimum Gasteiger partial charge on any atom is -0.320 e. The van der Waals surface area contributed by atoms with Gasteiger partial charge in [0.25, 0.3) is 0 Å². The Morgan fingerprint density at radius 3 is 2.41 bits per heavy atom. The van der Waals surface area contributed by atoms with Crippen molar-refractivity contribution in [1.82, 2.24) is 0 Å². The fourth-order valence-electron chi connectivity index (χ4n) is 2.62. The third-order valence-electron chi connectivity index (χ3n) is 3.66. The Bertz CT molecular complexity index is 569. The third kappa shape index (κ3) is 1.50. The Hall–Kier alpha value is -1.60. The highest BCUT2D eigenvalue weighted by molar-refractivity contribution is 5.78. The molecule has 1 atom stereocenters. The molecule has 2 aromatic carbocycles. The van der Waals surface area contributed by atoms with Crippen molar-refractivity contribution in [3.8, 4) is 11.1 Å². The zero-order chi connectivity index (χ0) is 12.0. The first-order chi connectivity index (χ1) is 8.18. The van der Waals surface area contributed by atoms with E-state index in [1.807, 2.05) is 0 Å². The number of rotatable bonds is 1. The van der Waals surface area contributed by atoms with Crippen molar-refractivity contribution >= 4 is 0 Å². The summed E-state index contributed by atoms with van der Waals surface area (Å²) in [5.74, 6) is 0.552. The van der Waals surface area contributed by atoms with Crippen LogP contribution in [0.1, 0.15) is 42.5 Å². The lowest BCUT2D eigenvalue weighted by Crippen LogP contribution is -2.08. The lowest BCUT2D eigenvalue weighted by atomic mass is 9.96. The van der Waals surface area contributed by atoms with Gasteiger partial charge in [-0.05, 0) is 33.7 Å². The average molecular weight is 223 g/mol. The van der Waals surface area contributed by atoms with Gasteiger partial charge in [-0.3, -0.25) is 0 Å². The van der Waals surface area contributed by atoms with E-state index < -0.39 is 0 Å². The Morgan fingerprint density at radius 1 is 0.941 bits per heavy atom. The fourth-order valence-corrected chi connectivity index (χ4v) is 2.62. The zero-order valence-corrected chi connectivity index (χ0v) is 10.3. The molecule has 0 saturated heterocycles. The van der Waals surface area contributed by atoms with Gasteiger partial charge in [-0.1, -0.05) is 56.3 Å². The molecule has 1 nitrogen and oxygen atoms in total. The van der Waals surface area contributed by atoms with Gasteiger partial charge in [-0.2, -0.15) is 0 Å². The van der Waals surface area contributed by atoms with E-state index in [4.69, 9.17) is 5.73 Å². The molecular formula is C16H17N. The van der Waals surface area contributed by atoms with Crippen LogP contribution in [0, 0.1) is 0 Å². The summed E-state index contributed by atoms with van der Waals surface area (Å²) in [6, 6.07) is 15.2. The standard InChI is InChI=1S/C16H17N/c1-10(2)11-7-8-13-12-5-3-4-6-14(12)16(17)15(13)9-11/h3-10,16H,17H2,1-2H3. The van der Waals surface area contributed by atoms with Gasteiger partial charge in [0, 0.05) is 0 Å². The van der Waals surface area contributed by atoms with Crippen LogP contribution >= 0.6 is 0 Å². The van der Waals surface area contributed by atoms with Crippen LogP contribution in [-0.2, 0) is 0 Å². The number of hydrogen-bond donors (Lipinski definition) is 1. The summed E-state index contributed by atoms with van der Waals surface area (Å²) in [5, 5.41) is 0. The Balaban J connectivity index is 2.20. The largest absolute Gasteiger partial charge is 0.320 e. The van der Waals surface area contributed by atoms with Gasteiger partial charge in [-0.25, -0.2) is 0 Å². The van der Waals surface area contributed by atoms with Crippen molar-refractivity contribution in [2.24, 2.45) is 5.73 Å². The molecular weight excluding hydrogens is 206 g/mol. The number of hydrogen-bond acceptors (Lipinski definition) is 1. The molecule has 2 N–H and O–H groups in total. The summed E-state index contributed by atoms with van der Waals surface area (Å²) >= 11 is 0. The zero-order valence-electron chi connectivity index (χ0n) is 10.3. The van der Waals surface area contributed by atoms with Crippen LogP contribution in [0.25, 0.3) is 11.1 Å². The molecule has 0 fully saturated rings. The van der Waals surface area contributed by atoms with Crippen LogP contribution in [-0.4, -0.2) is 0 Å². The predicted molar refractivity (Wildman–Crippen MR) is 72.0 cm³/mol. The molecule has 0 radical (unpaired) electrons. The monoisotopic (exact) mass is 223 g/mol. The molecule has 3 rings (SSSR count). The van der Waals surface area contributed by atoms with Crippen LogP contribution < -0.4 is 5.73 Å². The van der Waals surface area contributed by atoms with E-state index >= 15 is 0 Å². The molecule has 0 heterocycles. The van der Waals surface area contributed by atoms with Gasteiger partial charge < -0.3 is 5.73 Å². The van der Waals surface area contributed by atoms with Crippen molar-refractivity contribution in [2.45, 2.75) is 25.8 Å². The summed E-state index contributed by atoms with van der Waals surface area (Å²) in [6.45, 7) is 4.44. The van der Waals surface area contributed by atoms with Gasteiger partial charge in [0.2, 0.25) is 0 Å². The van der Waals surface area contributed by atoms with E-state index in [2.05, 4.69) is 56.3 Å². The fraction of sp³-hybridized carbons (Fsp3) is 0.250. The first-order valence-electron chi connectivity index (χ1n) is 6.17. The first kappa shape index (κ1) is 10.5. The first-order valence-corrected chi connectivity index (χ1v) is 6.17. The summed E-state index contributed by atoms with van der Waals surface area (Å²) in [4.78, 5) is 0. The molecule has 0 aromatic heterocycles. The predicted octanol–water partition coefficient (Wildman–Crippen LogP) is 3.84. The maximum atomic E-state index is 6.33. The van der Waals surface area contributed by atoms with Crippen LogP contribution in [0.2, 0.25) is 0 Å². The van der Waals surface area contributed by atoms with Crippen molar-refractivity contribution < 1.29 is 0 Å². The van der Waals surface area contributed by atoms with Crippen LogP contribution in [0.3, 0.4) is 0 Å². The summed E-state index contributed by atoms with van der Waals surface area (Å²) in [7, 11) is 0. The van der Waals surface area contributed by atoms with E-state index in [0.717, 1.165) is 0 Å². The van der Waals surface area contributed by atoms with Crippen molar-refractivity contribution in [3.05, 3.63) is 59.2 Å². The lowest BCUT2D eigenvalue weighted by molar-refractivity contribution is 0.849. The van der Waals surface area contributed by atoms with Crippen molar-refractivity contribution in [2.75, 3.05) is 0 Å². The Kier molecular flexibility index (Phi) is 2.30. The number of benzene rings is 2. The summed E-state index contributed by atoms with van der Waals surface area (Å²) < 4.78 is 0. The Labute approximate surface area is 102 Å². The molecule has 0 bridgehead atoms. The molecule has 0 amide bonds. The van der Waals surface area contributed by atoms with Gasteiger partial charge in [-0.15, -0.1) is 0 Å². The highest BCUT2D eigenvalue weighted by Crippen LogP contribution is 2.42. The third-order valence-corrected chi connectivity index (χ3v) is 3.66. The van der Waals surface area contributed by atoms with Gasteiger partial charge in [0.1, 0.15) is 0 Å². The summed E-state index contributed by atoms with van der Waals surface area (Å²) in [5.41, 5.74) is 12.8. The second-order valence-corrected chi connectivity index (χ2v) is 5.07. The quantitative estimate of drug-likeness (QED) is 0.781. The summed E-state index contributed by atoms with van der Waals surface area (Å²) in [6.07, 6.45) is 0. The molecule has 0 saturated carbocycles. The Morgan fingerprint density at radius 2 is 1.65 bits per heavy atom. The minimum absolute atomic E-state index is 0.0416. The SMILES string of the molecule is CC(C)c1ccc2c(c1)C(N)c1ccccc1-2. The van der Waals surface area contributed by atoms with Crippen molar-refractivity contribution in [1.29, 1.82) is 0 Å². The molecule has 1 aliphatic rings. The highest BCUT2D eigenvalue weighted by Gasteiger charge is 2.25. The maximum absolute atomic E-state index is 6.33. The average Bonchev–Trinajstić information content (AvgIpc) is 2.64.